The molecule has 0 nitrogen and oxygen atoms in total. The average Bonchev–Trinajstić information content (AvgIpc) is 3.36. The van der Waals surface area contributed by atoms with E-state index in [1.807, 2.05) is 0 Å². The Balaban J connectivity index is 0.00000133. The zero-order chi connectivity index (χ0) is 24.2. The Bertz CT molecular complexity index is 1400. The first-order valence-electron chi connectivity index (χ1n) is 12.9. The van der Waals surface area contributed by atoms with Crippen molar-refractivity contribution in [2.45, 2.75) is 57.8 Å². The second-order valence-electron chi connectivity index (χ2n) is 11.3. The van der Waals surface area contributed by atoms with Gasteiger partial charge in [-0.2, -0.15) is 24.3 Å². The van der Waals surface area contributed by atoms with Gasteiger partial charge in [-0.25, -0.2) is 0 Å². The number of hydrogen-bond donors (Lipinski definition) is 0. The second-order valence-corrected chi connectivity index (χ2v) is 11.3. The maximum absolute atomic E-state index is 3.58. The largest absolute Gasteiger partial charge is 0.179 e. The van der Waals surface area contributed by atoms with Crippen molar-refractivity contribution in [2.24, 2.45) is 0 Å². The first kappa shape index (κ1) is 30.6. The molecule has 0 radical (unpaired) electrons. The van der Waals surface area contributed by atoms with Crippen LogP contribution in [0, 0.1) is 6.07 Å². The fourth-order valence-corrected chi connectivity index (χ4v) is 6.21. The van der Waals surface area contributed by atoms with Crippen LogP contribution in [0.3, 0.4) is 0 Å². The van der Waals surface area contributed by atoms with E-state index in [2.05, 4.69) is 125 Å². The first-order valence-corrected chi connectivity index (χ1v) is 12.9. The molecule has 0 saturated heterocycles. The third-order valence-corrected chi connectivity index (χ3v) is 8.11. The Kier molecular flexibility index (Phi) is 9.73. The van der Waals surface area contributed by atoms with Crippen molar-refractivity contribution < 1.29 is 26.2 Å². The van der Waals surface area contributed by atoms with Gasteiger partial charge < -0.3 is 0 Å². The van der Waals surface area contributed by atoms with Gasteiger partial charge in [-0.15, -0.1) is 35.9 Å². The maximum atomic E-state index is 3.58. The first-order chi connectivity index (χ1) is 16.9. The van der Waals surface area contributed by atoms with E-state index in [0.29, 0.717) is 11.8 Å². The van der Waals surface area contributed by atoms with Crippen LogP contribution in [0.25, 0.3) is 28.3 Å². The Morgan fingerprint density at radius 3 is 2.05 bits per heavy atom. The van der Waals surface area contributed by atoms with Crippen molar-refractivity contribution in [1.82, 2.24) is 0 Å². The van der Waals surface area contributed by atoms with Crippen LogP contribution in [0.4, 0.5) is 0 Å². The van der Waals surface area contributed by atoms with E-state index in [0.717, 1.165) is 12.8 Å². The Hall–Kier alpha value is -1.92. The van der Waals surface area contributed by atoms with Gasteiger partial charge in [0.2, 0.25) is 0 Å². The van der Waals surface area contributed by atoms with Gasteiger partial charge in [-0.3, -0.25) is 0 Å². The summed E-state index contributed by atoms with van der Waals surface area (Å²) in [7, 11) is 0. The van der Waals surface area contributed by atoms with Crippen molar-refractivity contribution in [3.8, 4) is 22.3 Å². The molecule has 2 aliphatic carbocycles. The van der Waals surface area contributed by atoms with Gasteiger partial charge in [-0.05, 0) is 64.5 Å². The van der Waals surface area contributed by atoms with Gasteiger partial charge in [0, 0.05) is 32.1 Å². The standard InChI is InChI=1S/C35H33.2ClH.Zr/c1-23-22-34-27(24-16-18-25(19-17-24)35(2,3)4)14-9-15-28(34)26(23)20-21-33-31-12-7-5-10-29(31)30-11-6-8-13-32(30)33;;;/h5-12,14-19,22,26,33H,20-21H2,1-4H3;2*1H;/q-1;;;. The quantitative estimate of drug-likeness (QED) is 0.200. The molecule has 4 aromatic carbocycles. The third-order valence-electron chi connectivity index (χ3n) is 8.11. The van der Waals surface area contributed by atoms with Crippen molar-refractivity contribution in [3.05, 3.63) is 124 Å². The molecule has 0 aliphatic heterocycles. The molecular formula is C35H35Cl2Zr-. The van der Waals surface area contributed by atoms with E-state index in [1.54, 1.807) is 0 Å². The Morgan fingerprint density at radius 1 is 0.684 bits per heavy atom. The second kappa shape index (κ2) is 12.1. The summed E-state index contributed by atoms with van der Waals surface area (Å²) in [5.74, 6) is 0.922. The van der Waals surface area contributed by atoms with Gasteiger partial charge >= 0.3 is 0 Å². The molecule has 6 rings (SSSR count). The van der Waals surface area contributed by atoms with Crippen LogP contribution in [0.2, 0.25) is 0 Å². The summed E-state index contributed by atoms with van der Waals surface area (Å²) in [6.07, 6.45) is 4.74. The van der Waals surface area contributed by atoms with E-state index < -0.39 is 0 Å². The minimum atomic E-state index is 0. The molecule has 0 fully saturated rings. The Morgan fingerprint density at radius 2 is 1.32 bits per heavy atom. The minimum absolute atomic E-state index is 0. The molecule has 194 valence electrons. The SMILES string of the molecule is CC1=Cc2c(-c3ccc(C(C)(C)C)cc3)cccc2C1CCC1c2[c-]cccc2-c2ccccc21.Cl.Cl.[Zr]. The minimum Gasteiger partial charge on any atom is -0.179 e. The Labute approximate surface area is 259 Å². The summed E-state index contributed by atoms with van der Waals surface area (Å²) in [5.41, 5.74) is 14.2. The summed E-state index contributed by atoms with van der Waals surface area (Å²) >= 11 is 0. The molecule has 3 heteroatoms. The number of allylic oxidation sites excluding steroid dienone is 1. The number of fused-ring (bicyclic) bond motifs is 4. The number of hydrogen-bond acceptors (Lipinski definition) is 0. The molecule has 2 atom stereocenters. The summed E-state index contributed by atoms with van der Waals surface area (Å²) in [6.45, 7) is 9.15. The van der Waals surface area contributed by atoms with Crippen molar-refractivity contribution >= 4 is 30.9 Å². The molecule has 0 amide bonds. The molecular weight excluding hydrogens is 583 g/mol. The fourth-order valence-electron chi connectivity index (χ4n) is 6.21. The molecule has 0 saturated carbocycles. The van der Waals surface area contributed by atoms with Crippen LogP contribution in [-0.4, -0.2) is 0 Å². The third kappa shape index (κ3) is 5.40. The van der Waals surface area contributed by atoms with E-state index in [4.69, 9.17) is 0 Å². The number of halogens is 2. The molecule has 4 aromatic rings. The maximum Gasteiger partial charge on any atom is 0.00552 e. The van der Waals surface area contributed by atoms with Crippen LogP contribution < -0.4 is 0 Å². The van der Waals surface area contributed by atoms with E-state index in [9.17, 15) is 0 Å². The van der Waals surface area contributed by atoms with Gasteiger partial charge in [0.25, 0.3) is 0 Å². The smallest absolute Gasteiger partial charge is 0.00552 e. The predicted octanol–water partition coefficient (Wildman–Crippen LogP) is 10.4. The molecule has 2 unspecified atom stereocenters. The predicted molar refractivity (Wildman–Crippen MR) is 163 cm³/mol. The zero-order valence-corrected chi connectivity index (χ0v) is 26.6. The fraction of sp³-hybridized carbons (Fsp3) is 0.257. The van der Waals surface area contributed by atoms with Crippen LogP contribution in [0.15, 0.2) is 90.5 Å². The summed E-state index contributed by atoms with van der Waals surface area (Å²) in [4.78, 5) is 0. The summed E-state index contributed by atoms with van der Waals surface area (Å²) < 4.78 is 0. The monoisotopic (exact) mass is 615 g/mol. The molecule has 0 N–H and O–H groups in total. The van der Waals surface area contributed by atoms with Gasteiger partial charge in [-0.1, -0.05) is 105 Å². The topological polar surface area (TPSA) is 0 Å². The summed E-state index contributed by atoms with van der Waals surface area (Å²) in [6, 6.07) is 35.1. The van der Waals surface area contributed by atoms with Crippen LogP contribution in [0.5, 0.6) is 0 Å². The van der Waals surface area contributed by atoms with Gasteiger partial charge in [0.05, 0.1) is 0 Å². The van der Waals surface area contributed by atoms with E-state index in [-0.39, 0.29) is 56.4 Å². The molecule has 0 spiro atoms. The van der Waals surface area contributed by atoms with Gasteiger partial charge in [0.1, 0.15) is 0 Å². The zero-order valence-electron chi connectivity index (χ0n) is 22.5. The normalized spacial score (nSPS) is 16.7. The van der Waals surface area contributed by atoms with Crippen LogP contribution in [-0.2, 0) is 31.6 Å². The van der Waals surface area contributed by atoms with Crippen molar-refractivity contribution in [3.63, 3.8) is 0 Å². The summed E-state index contributed by atoms with van der Waals surface area (Å²) in [5, 5.41) is 0. The van der Waals surface area contributed by atoms with Crippen molar-refractivity contribution in [2.75, 3.05) is 0 Å². The molecule has 2 aliphatic rings. The average molecular weight is 618 g/mol. The molecule has 38 heavy (non-hydrogen) atoms. The number of rotatable bonds is 4. The van der Waals surface area contributed by atoms with Crippen LogP contribution >= 0.6 is 24.8 Å². The van der Waals surface area contributed by atoms with Crippen LogP contribution in [0.1, 0.15) is 80.2 Å². The van der Waals surface area contributed by atoms with E-state index >= 15 is 0 Å². The van der Waals surface area contributed by atoms with E-state index in [1.165, 1.54) is 55.6 Å². The molecule has 0 bridgehead atoms. The van der Waals surface area contributed by atoms with Crippen molar-refractivity contribution in [1.29, 1.82) is 0 Å². The molecule has 0 heterocycles. The number of benzene rings is 4. The van der Waals surface area contributed by atoms with Gasteiger partial charge in [0.15, 0.2) is 0 Å². The molecule has 0 aromatic heterocycles.